The third-order valence-corrected chi connectivity index (χ3v) is 3.01. The molecule has 2 aromatic rings. The van der Waals surface area contributed by atoms with Crippen molar-refractivity contribution >= 4 is 22.9 Å². The summed E-state index contributed by atoms with van der Waals surface area (Å²) in [5, 5.41) is 2.80. The van der Waals surface area contributed by atoms with Crippen molar-refractivity contribution in [1.29, 1.82) is 0 Å². The lowest BCUT2D eigenvalue weighted by Crippen LogP contribution is -1.85. The number of halogens is 1. The fraction of sp³-hybridized carbons (Fsp3) is 0.182. The van der Waals surface area contributed by atoms with Crippen LogP contribution in [0.15, 0.2) is 29.6 Å². The molecule has 0 radical (unpaired) electrons. The molecule has 0 saturated carbocycles. The molecule has 4 heteroatoms. The SMILES string of the molecule is CCc1cccc(Oc2nc(Cl)cs2)c1. The highest BCUT2D eigenvalue weighted by atomic mass is 35.5. The molecule has 1 aromatic carbocycles. The average Bonchev–Trinajstić information content (AvgIpc) is 2.64. The maximum atomic E-state index is 5.70. The van der Waals surface area contributed by atoms with Crippen molar-refractivity contribution in [2.75, 3.05) is 0 Å². The van der Waals surface area contributed by atoms with Crippen LogP contribution in [0, 0.1) is 0 Å². The molecule has 0 spiro atoms. The number of hydrogen-bond acceptors (Lipinski definition) is 3. The van der Waals surface area contributed by atoms with Crippen LogP contribution in [0.1, 0.15) is 12.5 Å². The van der Waals surface area contributed by atoms with Gasteiger partial charge in [-0.25, -0.2) is 0 Å². The van der Waals surface area contributed by atoms with Gasteiger partial charge in [-0.15, -0.1) is 0 Å². The first kappa shape index (κ1) is 10.5. The Morgan fingerprint density at radius 3 is 3.00 bits per heavy atom. The molecule has 0 unspecified atom stereocenters. The minimum absolute atomic E-state index is 0.474. The average molecular weight is 240 g/mol. The molecule has 1 heterocycles. The highest BCUT2D eigenvalue weighted by Crippen LogP contribution is 2.27. The molecular formula is C11H10ClNOS. The van der Waals surface area contributed by atoms with E-state index in [1.165, 1.54) is 16.9 Å². The van der Waals surface area contributed by atoms with E-state index in [0.717, 1.165) is 12.2 Å². The topological polar surface area (TPSA) is 22.1 Å². The van der Waals surface area contributed by atoms with Gasteiger partial charge in [0, 0.05) is 5.38 Å². The molecule has 2 nitrogen and oxygen atoms in total. The molecule has 1 aromatic heterocycles. The Bertz CT molecular complexity index is 455. The maximum Gasteiger partial charge on any atom is 0.280 e. The summed E-state index contributed by atoms with van der Waals surface area (Å²) >= 11 is 7.10. The Labute approximate surface area is 97.5 Å². The predicted octanol–water partition coefficient (Wildman–Crippen LogP) is 4.15. The normalized spacial score (nSPS) is 10.3. The van der Waals surface area contributed by atoms with Crippen molar-refractivity contribution in [2.24, 2.45) is 0 Å². The van der Waals surface area contributed by atoms with E-state index in [4.69, 9.17) is 16.3 Å². The number of rotatable bonds is 3. The summed E-state index contributed by atoms with van der Waals surface area (Å²) in [6, 6.07) is 7.97. The van der Waals surface area contributed by atoms with E-state index >= 15 is 0 Å². The van der Waals surface area contributed by atoms with Gasteiger partial charge in [0.1, 0.15) is 10.9 Å². The van der Waals surface area contributed by atoms with E-state index in [9.17, 15) is 0 Å². The van der Waals surface area contributed by atoms with E-state index in [1.54, 1.807) is 5.38 Å². The molecule has 0 atom stereocenters. The van der Waals surface area contributed by atoms with E-state index in [2.05, 4.69) is 18.0 Å². The van der Waals surface area contributed by atoms with Gasteiger partial charge < -0.3 is 4.74 Å². The van der Waals surface area contributed by atoms with Crippen LogP contribution in [0.4, 0.5) is 0 Å². The van der Waals surface area contributed by atoms with Crippen LogP contribution < -0.4 is 4.74 Å². The number of nitrogens with zero attached hydrogens (tertiary/aromatic N) is 1. The standard InChI is InChI=1S/C11H10ClNOS/c1-2-8-4-3-5-9(6-8)14-11-13-10(12)7-15-11/h3-7H,2H2,1H3. The Balaban J connectivity index is 2.16. The lowest BCUT2D eigenvalue weighted by atomic mass is 10.2. The summed E-state index contributed by atoms with van der Waals surface area (Å²) in [6.07, 6.45) is 0.996. The summed E-state index contributed by atoms with van der Waals surface area (Å²) in [5.41, 5.74) is 1.25. The molecule has 0 aliphatic rings. The van der Waals surface area contributed by atoms with Crippen molar-refractivity contribution < 1.29 is 4.74 Å². The van der Waals surface area contributed by atoms with Crippen LogP contribution in [0.2, 0.25) is 5.15 Å². The molecule has 0 amide bonds. The lowest BCUT2D eigenvalue weighted by molar-refractivity contribution is 0.478. The second-order valence-electron chi connectivity index (χ2n) is 3.04. The van der Waals surface area contributed by atoms with Gasteiger partial charge in [-0.1, -0.05) is 42.0 Å². The number of hydrogen-bond donors (Lipinski definition) is 0. The number of thiazole rings is 1. The second kappa shape index (κ2) is 4.64. The number of ether oxygens (including phenoxy) is 1. The van der Waals surface area contributed by atoms with Gasteiger partial charge in [0.2, 0.25) is 0 Å². The van der Waals surface area contributed by atoms with Gasteiger partial charge in [-0.2, -0.15) is 4.98 Å². The van der Waals surface area contributed by atoms with Crippen molar-refractivity contribution in [3.63, 3.8) is 0 Å². The summed E-state index contributed by atoms with van der Waals surface area (Å²) in [5.74, 6) is 0.806. The minimum Gasteiger partial charge on any atom is -0.431 e. The van der Waals surface area contributed by atoms with Gasteiger partial charge in [0.05, 0.1) is 0 Å². The molecular weight excluding hydrogens is 230 g/mol. The molecule has 0 aliphatic carbocycles. The fourth-order valence-electron chi connectivity index (χ4n) is 1.22. The Morgan fingerprint density at radius 1 is 1.47 bits per heavy atom. The van der Waals surface area contributed by atoms with Crippen LogP contribution >= 0.6 is 22.9 Å². The Hall–Kier alpha value is -1.06. The zero-order chi connectivity index (χ0) is 10.7. The van der Waals surface area contributed by atoms with Crippen LogP contribution in [-0.4, -0.2) is 4.98 Å². The van der Waals surface area contributed by atoms with Gasteiger partial charge in [-0.3, -0.25) is 0 Å². The van der Waals surface area contributed by atoms with Crippen molar-refractivity contribution in [3.05, 3.63) is 40.4 Å². The quantitative estimate of drug-likeness (QED) is 0.803. The molecule has 2 rings (SSSR count). The largest absolute Gasteiger partial charge is 0.431 e. The fourth-order valence-corrected chi connectivity index (χ4v) is 2.02. The summed E-state index contributed by atoms with van der Waals surface area (Å²) in [6.45, 7) is 2.11. The highest BCUT2D eigenvalue weighted by Gasteiger charge is 2.02. The summed E-state index contributed by atoms with van der Waals surface area (Å²) in [7, 11) is 0. The highest BCUT2D eigenvalue weighted by molar-refractivity contribution is 7.11. The third kappa shape index (κ3) is 2.70. The second-order valence-corrected chi connectivity index (χ2v) is 4.25. The van der Waals surface area contributed by atoms with E-state index in [1.807, 2.05) is 18.2 Å². The van der Waals surface area contributed by atoms with Crippen LogP contribution in [0.25, 0.3) is 0 Å². The molecule has 15 heavy (non-hydrogen) atoms. The van der Waals surface area contributed by atoms with E-state index in [0.29, 0.717) is 10.3 Å². The van der Waals surface area contributed by atoms with Gasteiger partial charge >= 0.3 is 0 Å². The summed E-state index contributed by atoms with van der Waals surface area (Å²) < 4.78 is 5.56. The lowest BCUT2D eigenvalue weighted by Gasteiger charge is -2.02. The van der Waals surface area contributed by atoms with Crippen molar-refractivity contribution in [3.8, 4) is 10.9 Å². The van der Waals surface area contributed by atoms with Crippen molar-refractivity contribution in [2.45, 2.75) is 13.3 Å². The smallest absolute Gasteiger partial charge is 0.280 e. The molecule has 78 valence electrons. The van der Waals surface area contributed by atoms with Crippen molar-refractivity contribution in [1.82, 2.24) is 4.98 Å². The number of benzene rings is 1. The zero-order valence-corrected chi connectivity index (χ0v) is 9.81. The van der Waals surface area contributed by atoms with Crippen LogP contribution in [0.3, 0.4) is 0 Å². The van der Waals surface area contributed by atoms with Gasteiger partial charge in [0.15, 0.2) is 0 Å². The van der Waals surface area contributed by atoms with Gasteiger partial charge in [-0.05, 0) is 24.1 Å². The van der Waals surface area contributed by atoms with E-state index in [-0.39, 0.29) is 0 Å². The first-order chi connectivity index (χ1) is 7.28. The first-order valence-electron chi connectivity index (χ1n) is 4.65. The van der Waals surface area contributed by atoms with Gasteiger partial charge in [0.25, 0.3) is 5.19 Å². The molecule has 0 fully saturated rings. The maximum absolute atomic E-state index is 5.70. The monoisotopic (exact) mass is 239 g/mol. The van der Waals surface area contributed by atoms with E-state index < -0.39 is 0 Å². The first-order valence-corrected chi connectivity index (χ1v) is 5.91. The number of aromatic nitrogens is 1. The minimum atomic E-state index is 0.474. The zero-order valence-electron chi connectivity index (χ0n) is 8.24. The predicted molar refractivity (Wildman–Crippen MR) is 63.0 cm³/mol. The molecule has 0 saturated heterocycles. The third-order valence-electron chi connectivity index (χ3n) is 1.97. The molecule has 0 aliphatic heterocycles. The number of aryl methyl sites for hydroxylation is 1. The summed E-state index contributed by atoms with van der Waals surface area (Å²) in [4.78, 5) is 4.02. The van der Waals surface area contributed by atoms with Crippen LogP contribution in [0.5, 0.6) is 10.9 Å². The Kier molecular flexibility index (Phi) is 3.23. The van der Waals surface area contributed by atoms with Crippen LogP contribution in [-0.2, 0) is 6.42 Å². The Morgan fingerprint density at radius 2 is 2.33 bits per heavy atom. The molecule has 0 bridgehead atoms. The molecule has 0 N–H and O–H groups in total.